The Kier molecular flexibility index (Phi) is 7.25. The van der Waals surface area contributed by atoms with E-state index in [0.29, 0.717) is 6.54 Å². The molecule has 0 heterocycles. The summed E-state index contributed by atoms with van der Waals surface area (Å²) in [5.74, 6) is -0.213. The predicted octanol–water partition coefficient (Wildman–Crippen LogP) is 0.376. The quantitative estimate of drug-likeness (QED) is 0.780. The first-order valence-electron chi connectivity index (χ1n) is 6.19. The summed E-state index contributed by atoms with van der Waals surface area (Å²) in [5.41, 5.74) is 5.91. The fraction of sp³-hybridized carbons (Fsp3) is 0.833. The van der Waals surface area contributed by atoms with E-state index in [1.165, 1.54) is 0 Å². The van der Waals surface area contributed by atoms with Crippen LogP contribution in [0.5, 0.6) is 0 Å². The zero-order chi connectivity index (χ0) is 13.0. The number of rotatable bonds is 4. The molecule has 18 heavy (non-hydrogen) atoms. The summed E-state index contributed by atoms with van der Waals surface area (Å²) in [6.45, 7) is 2.26. The first-order chi connectivity index (χ1) is 7.97. The van der Waals surface area contributed by atoms with E-state index in [9.17, 15) is 9.59 Å². The summed E-state index contributed by atoms with van der Waals surface area (Å²) < 4.78 is 0. The van der Waals surface area contributed by atoms with Gasteiger partial charge in [0.25, 0.3) is 0 Å². The molecule has 3 unspecified atom stereocenters. The van der Waals surface area contributed by atoms with Crippen molar-refractivity contribution in [2.45, 2.75) is 32.2 Å². The fourth-order valence-corrected chi connectivity index (χ4v) is 2.41. The van der Waals surface area contributed by atoms with Crippen LogP contribution in [0.1, 0.15) is 26.2 Å². The lowest BCUT2D eigenvalue weighted by atomic mass is 10.0. The van der Waals surface area contributed by atoms with Crippen LogP contribution in [-0.2, 0) is 9.59 Å². The highest BCUT2D eigenvalue weighted by atomic mass is 35.5. The first-order valence-corrected chi connectivity index (χ1v) is 6.19. The molecule has 0 aromatic heterocycles. The van der Waals surface area contributed by atoms with Crippen molar-refractivity contribution in [3.05, 3.63) is 0 Å². The van der Waals surface area contributed by atoms with Crippen LogP contribution in [0.25, 0.3) is 0 Å². The number of nitrogens with zero attached hydrogens (tertiary/aromatic N) is 1. The monoisotopic (exact) mass is 277 g/mol. The van der Waals surface area contributed by atoms with Crippen molar-refractivity contribution in [1.82, 2.24) is 10.2 Å². The van der Waals surface area contributed by atoms with Gasteiger partial charge in [-0.05, 0) is 12.8 Å². The lowest BCUT2D eigenvalue weighted by Crippen LogP contribution is -2.43. The summed E-state index contributed by atoms with van der Waals surface area (Å²) in [6.07, 6.45) is 2.82. The third-order valence-corrected chi connectivity index (χ3v) is 3.50. The zero-order valence-corrected chi connectivity index (χ0v) is 12.1. The molecular formula is C12H24ClN3O2. The number of nitrogens with two attached hydrogens (primary N) is 1. The summed E-state index contributed by atoms with van der Waals surface area (Å²) in [6, 6.07) is -0.0137. The maximum Gasteiger partial charge on any atom is 0.227 e. The minimum absolute atomic E-state index is 0. The summed E-state index contributed by atoms with van der Waals surface area (Å²) in [5, 5.41) is 2.59. The summed E-state index contributed by atoms with van der Waals surface area (Å²) in [4.78, 5) is 25.1. The first kappa shape index (κ1) is 17.2. The lowest BCUT2D eigenvalue weighted by Gasteiger charge is -2.25. The molecule has 1 saturated carbocycles. The van der Waals surface area contributed by atoms with Gasteiger partial charge in [0.1, 0.15) is 0 Å². The van der Waals surface area contributed by atoms with Gasteiger partial charge in [-0.25, -0.2) is 0 Å². The number of carbonyl (C=O) groups excluding carboxylic acids is 2. The second-order valence-electron chi connectivity index (χ2n) is 4.94. The smallest absolute Gasteiger partial charge is 0.227 e. The van der Waals surface area contributed by atoms with Crippen molar-refractivity contribution in [2.75, 3.05) is 20.6 Å². The van der Waals surface area contributed by atoms with Gasteiger partial charge in [-0.15, -0.1) is 12.4 Å². The van der Waals surface area contributed by atoms with Crippen LogP contribution >= 0.6 is 12.4 Å². The Bertz CT molecular complexity index is 299. The molecule has 0 bridgehead atoms. The van der Waals surface area contributed by atoms with Crippen molar-refractivity contribution >= 4 is 24.2 Å². The third-order valence-electron chi connectivity index (χ3n) is 3.50. The third kappa shape index (κ3) is 4.14. The molecule has 6 heteroatoms. The van der Waals surface area contributed by atoms with Crippen molar-refractivity contribution < 1.29 is 9.59 Å². The largest absolute Gasteiger partial charge is 0.359 e. The Balaban J connectivity index is 0.00000289. The highest BCUT2D eigenvalue weighted by Gasteiger charge is 2.32. The van der Waals surface area contributed by atoms with Gasteiger partial charge in [0.15, 0.2) is 0 Å². The van der Waals surface area contributed by atoms with Crippen molar-refractivity contribution in [1.29, 1.82) is 0 Å². The molecule has 0 radical (unpaired) electrons. The van der Waals surface area contributed by atoms with E-state index in [4.69, 9.17) is 5.73 Å². The van der Waals surface area contributed by atoms with E-state index in [0.717, 1.165) is 19.3 Å². The standard InChI is InChI=1S/C12H23N3O2.ClH/c1-8(11(16)14-2)7-15(3)12(17)9-5-4-6-10(9)13;/h8-10H,4-7,13H2,1-3H3,(H,14,16);1H. The minimum Gasteiger partial charge on any atom is -0.359 e. The maximum absolute atomic E-state index is 12.1. The van der Waals surface area contributed by atoms with E-state index in [1.807, 2.05) is 6.92 Å². The van der Waals surface area contributed by atoms with Crippen LogP contribution in [-0.4, -0.2) is 43.4 Å². The van der Waals surface area contributed by atoms with E-state index in [1.54, 1.807) is 19.0 Å². The number of hydrogen-bond acceptors (Lipinski definition) is 3. The average molecular weight is 278 g/mol. The van der Waals surface area contributed by atoms with Gasteiger partial charge in [0, 0.05) is 26.7 Å². The molecule has 1 fully saturated rings. The van der Waals surface area contributed by atoms with Gasteiger partial charge in [-0.3, -0.25) is 9.59 Å². The van der Waals surface area contributed by atoms with Gasteiger partial charge in [0.2, 0.25) is 11.8 Å². The molecule has 2 amide bonds. The van der Waals surface area contributed by atoms with Gasteiger partial charge in [-0.1, -0.05) is 13.3 Å². The van der Waals surface area contributed by atoms with Gasteiger partial charge in [-0.2, -0.15) is 0 Å². The molecule has 0 aromatic rings. The molecule has 106 valence electrons. The topological polar surface area (TPSA) is 75.4 Å². The van der Waals surface area contributed by atoms with E-state index < -0.39 is 0 Å². The van der Waals surface area contributed by atoms with Crippen molar-refractivity contribution in [2.24, 2.45) is 17.6 Å². The molecule has 1 aliphatic carbocycles. The molecule has 0 aromatic carbocycles. The van der Waals surface area contributed by atoms with E-state index >= 15 is 0 Å². The average Bonchev–Trinajstić information content (AvgIpc) is 2.73. The molecule has 0 saturated heterocycles. The molecule has 3 atom stereocenters. The molecule has 1 rings (SSSR count). The molecule has 5 nitrogen and oxygen atoms in total. The molecule has 0 spiro atoms. The van der Waals surface area contributed by atoms with E-state index in [-0.39, 0.29) is 42.1 Å². The predicted molar refractivity (Wildman–Crippen MR) is 73.4 cm³/mol. The second-order valence-corrected chi connectivity index (χ2v) is 4.94. The van der Waals surface area contributed by atoms with Gasteiger partial charge >= 0.3 is 0 Å². The van der Waals surface area contributed by atoms with Crippen LogP contribution in [0.4, 0.5) is 0 Å². The second kappa shape index (κ2) is 7.59. The van der Waals surface area contributed by atoms with Crippen LogP contribution in [0.15, 0.2) is 0 Å². The van der Waals surface area contributed by atoms with Crippen molar-refractivity contribution in [3.63, 3.8) is 0 Å². The van der Waals surface area contributed by atoms with Gasteiger partial charge < -0.3 is 16.0 Å². The number of amides is 2. The Hall–Kier alpha value is -0.810. The molecular weight excluding hydrogens is 254 g/mol. The lowest BCUT2D eigenvalue weighted by molar-refractivity contribution is -0.135. The number of carbonyl (C=O) groups is 2. The number of nitrogens with one attached hydrogen (secondary N) is 1. The summed E-state index contributed by atoms with van der Waals surface area (Å²) in [7, 11) is 3.35. The van der Waals surface area contributed by atoms with Crippen molar-refractivity contribution in [3.8, 4) is 0 Å². The maximum atomic E-state index is 12.1. The fourth-order valence-electron chi connectivity index (χ4n) is 2.41. The van der Waals surface area contributed by atoms with Crippen LogP contribution in [0, 0.1) is 11.8 Å². The SMILES string of the molecule is CNC(=O)C(C)CN(C)C(=O)C1CCCC1N.Cl. The Morgan fingerprint density at radius 1 is 1.44 bits per heavy atom. The van der Waals surface area contributed by atoms with Crippen LogP contribution in [0.3, 0.4) is 0 Å². The molecule has 0 aliphatic heterocycles. The van der Waals surface area contributed by atoms with Crippen LogP contribution in [0.2, 0.25) is 0 Å². The van der Waals surface area contributed by atoms with Gasteiger partial charge in [0.05, 0.1) is 11.8 Å². The number of halogens is 1. The summed E-state index contributed by atoms with van der Waals surface area (Å²) >= 11 is 0. The highest BCUT2D eigenvalue weighted by Crippen LogP contribution is 2.25. The zero-order valence-electron chi connectivity index (χ0n) is 11.3. The Morgan fingerprint density at radius 3 is 2.50 bits per heavy atom. The normalized spacial score (nSPS) is 24.0. The number of hydrogen-bond donors (Lipinski definition) is 2. The Morgan fingerprint density at radius 2 is 2.06 bits per heavy atom. The molecule has 3 N–H and O–H groups in total. The minimum atomic E-state index is -0.188. The van der Waals surface area contributed by atoms with Crippen LogP contribution < -0.4 is 11.1 Å². The highest BCUT2D eigenvalue weighted by molar-refractivity contribution is 5.85. The van der Waals surface area contributed by atoms with E-state index in [2.05, 4.69) is 5.32 Å². The molecule has 1 aliphatic rings. The Labute approximate surface area is 115 Å².